The van der Waals surface area contributed by atoms with Crippen molar-refractivity contribution < 1.29 is 17.9 Å². The van der Waals surface area contributed by atoms with Crippen molar-refractivity contribution in [3.8, 4) is 0 Å². The Bertz CT molecular complexity index is 792. The van der Waals surface area contributed by atoms with Gasteiger partial charge in [-0.2, -0.15) is 13.2 Å². The number of aromatic nitrogens is 2. The van der Waals surface area contributed by atoms with Crippen molar-refractivity contribution in [2.75, 3.05) is 32.8 Å². The van der Waals surface area contributed by atoms with Gasteiger partial charge in [0.1, 0.15) is 6.10 Å². The van der Waals surface area contributed by atoms with Crippen molar-refractivity contribution >= 4 is 5.96 Å². The van der Waals surface area contributed by atoms with Gasteiger partial charge >= 0.3 is 6.18 Å². The fraction of sp³-hybridized carbons (Fsp3) is 0.500. The number of hydrogen-bond donors (Lipinski definition) is 1. The number of morpholine rings is 1. The quantitative estimate of drug-likeness (QED) is 0.452. The molecule has 1 aliphatic rings. The average molecular weight is 409 g/mol. The molecule has 158 valence electrons. The van der Waals surface area contributed by atoms with Gasteiger partial charge < -0.3 is 19.5 Å². The molecular formula is C20H26F3N5O. The minimum Gasteiger partial charge on any atom is -0.370 e. The van der Waals surface area contributed by atoms with Crippen LogP contribution in [0.15, 0.2) is 48.0 Å². The second-order valence-electron chi connectivity index (χ2n) is 6.82. The topological polar surface area (TPSA) is 54.7 Å². The maximum absolute atomic E-state index is 13.0. The minimum atomic E-state index is -4.37. The zero-order chi connectivity index (χ0) is 20.7. The summed E-state index contributed by atoms with van der Waals surface area (Å²) < 4.78 is 46.9. The predicted molar refractivity (Wildman–Crippen MR) is 105 cm³/mol. The highest BCUT2D eigenvalue weighted by molar-refractivity contribution is 5.80. The summed E-state index contributed by atoms with van der Waals surface area (Å²) in [6.45, 7) is 5.71. The van der Waals surface area contributed by atoms with E-state index < -0.39 is 17.8 Å². The molecule has 1 unspecified atom stereocenters. The van der Waals surface area contributed by atoms with Crippen molar-refractivity contribution in [3.05, 3.63) is 54.1 Å². The number of aliphatic imine (C=N–C) groups is 1. The van der Waals surface area contributed by atoms with Crippen LogP contribution in [0.25, 0.3) is 0 Å². The van der Waals surface area contributed by atoms with Crippen LogP contribution < -0.4 is 5.32 Å². The Kier molecular flexibility index (Phi) is 7.13. The molecule has 1 fully saturated rings. The summed E-state index contributed by atoms with van der Waals surface area (Å²) in [5.74, 6) is 0.762. The van der Waals surface area contributed by atoms with Crippen LogP contribution in [0.2, 0.25) is 0 Å². The number of guanidine groups is 1. The van der Waals surface area contributed by atoms with Crippen molar-refractivity contribution in [1.29, 1.82) is 0 Å². The molecule has 2 aromatic rings. The first-order chi connectivity index (χ1) is 14.0. The fourth-order valence-corrected chi connectivity index (χ4v) is 3.24. The molecule has 2 heterocycles. The van der Waals surface area contributed by atoms with Crippen LogP contribution in [0.3, 0.4) is 0 Å². The summed E-state index contributed by atoms with van der Waals surface area (Å²) in [5, 5.41) is 3.27. The van der Waals surface area contributed by atoms with Gasteiger partial charge in [0.2, 0.25) is 0 Å². The molecule has 1 aromatic heterocycles. The summed E-state index contributed by atoms with van der Waals surface area (Å²) in [7, 11) is 0. The lowest BCUT2D eigenvalue weighted by molar-refractivity contribution is -0.137. The van der Waals surface area contributed by atoms with Crippen molar-refractivity contribution in [2.45, 2.75) is 32.2 Å². The average Bonchev–Trinajstić information content (AvgIpc) is 3.23. The van der Waals surface area contributed by atoms with Gasteiger partial charge in [-0.3, -0.25) is 4.99 Å². The van der Waals surface area contributed by atoms with Gasteiger partial charge in [0.25, 0.3) is 0 Å². The zero-order valence-electron chi connectivity index (χ0n) is 16.4. The molecule has 3 rings (SSSR count). The predicted octanol–water partition coefficient (Wildman–Crippen LogP) is 3.33. The van der Waals surface area contributed by atoms with Crippen LogP contribution in [0.1, 0.15) is 30.6 Å². The second-order valence-corrected chi connectivity index (χ2v) is 6.82. The summed E-state index contributed by atoms with van der Waals surface area (Å²) in [4.78, 5) is 10.8. The van der Waals surface area contributed by atoms with Crippen LogP contribution in [-0.4, -0.2) is 53.2 Å². The number of aryl methyl sites for hydroxylation is 1. The molecule has 0 saturated carbocycles. The van der Waals surface area contributed by atoms with Crippen molar-refractivity contribution in [2.24, 2.45) is 4.99 Å². The molecule has 1 atom stereocenters. The molecular weight excluding hydrogens is 383 g/mol. The molecule has 29 heavy (non-hydrogen) atoms. The Labute approximate surface area is 168 Å². The molecule has 0 amide bonds. The monoisotopic (exact) mass is 409 g/mol. The molecule has 1 aromatic carbocycles. The first-order valence-electron chi connectivity index (χ1n) is 9.75. The van der Waals surface area contributed by atoms with E-state index in [0.717, 1.165) is 25.0 Å². The molecule has 0 spiro atoms. The number of nitrogens with zero attached hydrogens (tertiary/aromatic N) is 4. The number of ether oxygens (including phenoxy) is 1. The number of hydrogen-bond acceptors (Lipinski definition) is 3. The highest BCUT2D eigenvalue weighted by atomic mass is 19.4. The lowest BCUT2D eigenvalue weighted by atomic mass is 10.0. The summed E-state index contributed by atoms with van der Waals surface area (Å²) in [6, 6.07) is 5.35. The maximum atomic E-state index is 13.0. The third-order valence-electron chi connectivity index (χ3n) is 4.68. The number of rotatable bonds is 6. The van der Waals surface area contributed by atoms with E-state index in [1.165, 1.54) is 12.1 Å². The first-order valence-corrected chi connectivity index (χ1v) is 9.75. The Morgan fingerprint density at radius 1 is 1.38 bits per heavy atom. The molecule has 6 nitrogen and oxygen atoms in total. The smallest absolute Gasteiger partial charge is 0.370 e. The Hall–Kier alpha value is -2.55. The van der Waals surface area contributed by atoms with Crippen LogP contribution in [0.4, 0.5) is 13.2 Å². The van der Waals surface area contributed by atoms with Gasteiger partial charge in [0.15, 0.2) is 5.96 Å². The molecule has 1 aliphatic heterocycles. The third-order valence-corrected chi connectivity index (χ3v) is 4.68. The molecule has 0 bridgehead atoms. The van der Waals surface area contributed by atoms with E-state index in [9.17, 15) is 13.2 Å². The van der Waals surface area contributed by atoms with Gasteiger partial charge in [-0.15, -0.1) is 0 Å². The Morgan fingerprint density at radius 3 is 2.97 bits per heavy atom. The highest BCUT2D eigenvalue weighted by Gasteiger charge is 2.32. The van der Waals surface area contributed by atoms with Gasteiger partial charge in [-0.1, -0.05) is 12.1 Å². The lowest BCUT2D eigenvalue weighted by Crippen LogP contribution is -2.48. The number of alkyl halides is 3. The lowest BCUT2D eigenvalue weighted by Gasteiger charge is -2.35. The van der Waals surface area contributed by atoms with Crippen LogP contribution in [0, 0.1) is 0 Å². The zero-order valence-corrected chi connectivity index (χ0v) is 16.4. The molecule has 0 aliphatic carbocycles. The highest BCUT2D eigenvalue weighted by Crippen LogP contribution is 2.32. The van der Waals surface area contributed by atoms with Crippen molar-refractivity contribution in [3.63, 3.8) is 0 Å². The van der Waals surface area contributed by atoms with Crippen LogP contribution in [0.5, 0.6) is 0 Å². The van der Waals surface area contributed by atoms with Gasteiger partial charge in [-0.25, -0.2) is 4.98 Å². The van der Waals surface area contributed by atoms with E-state index in [-0.39, 0.29) is 0 Å². The standard InChI is InChI=1S/C20H26F3N5O/c1-2-25-19(26-7-4-9-27-10-8-24-15-27)28-11-12-29-18(14-28)16-5-3-6-17(13-16)20(21,22)23/h3,5-6,8,10,13,15,18H,2,4,7,9,11-12,14H2,1H3,(H,25,26). The fourth-order valence-electron chi connectivity index (χ4n) is 3.24. The Morgan fingerprint density at radius 2 is 2.24 bits per heavy atom. The van der Waals surface area contributed by atoms with E-state index in [2.05, 4.69) is 20.2 Å². The SMILES string of the molecule is CCNC(=NCCCn1ccnc1)N1CCOC(c2cccc(C(F)(F)F)c2)C1. The van der Waals surface area contributed by atoms with Crippen LogP contribution >= 0.6 is 0 Å². The number of nitrogens with one attached hydrogen (secondary N) is 1. The number of benzene rings is 1. The van der Waals surface area contributed by atoms with E-state index in [4.69, 9.17) is 4.74 Å². The van der Waals surface area contributed by atoms with E-state index >= 15 is 0 Å². The third kappa shape index (κ3) is 5.96. The van der Waals surface area contributed by atoms with Gasteiger partial charge in [-0.05, 0) is 31.0 Å². The van der Waals surface area contributed by atoms with E-state index in [1.807, 2.05) is 17.7 Å². The molecule has 0 radical (unpaired) electrons. The summed E-state index contributed by atoms with van der Waals surface area (Å²) in [5.41, 5.74) is -0.128. The van der Waals surface area contributed by atoms with E-state index in [0.29, 0.717) is 38.3 Å². The number of halogens is 3. The summed E-state index contributed by atoms with van der Waals surface area (Å²) >= 11 is 0. The molecule has 1 N–H and O–H groups in total. The largest absolute Gasteiger partial charge is 0.416 e. The molecule has 9 heteroatoms. The van der Waals surface area contributed by atoms with Gasteiger partial charge in [0, 0.05) is 38.6 Å². The molecule has 1 saturated heterocycles. The number of imidazole rings is 1. The van der Waals surface area contributed by atoms with Crippen LogP contribution in [-0.2, 0) is 17.5 Å². The maximum Gasteiger partial charge on any atom is 0.416 e. The first kappa shape index (κ1) is 21.2. The summed E-state index contributed by atoms with van der Waals surface area (Å²) in [6.07, 6.45) is 1.51. The van der Waals surface area contributed by atoms with Crippen molar-refractivity contribution in [1.82, 2.24) is 19.8 Å². The van der Waals surface area contributed by atoms with E-state index in [1.54, 1.807) is 18.6 Å². The Balaban J connectivity index is 1.64. The second kappa shape index (κ2) is 9.78. The normalized spacial score (nSPS) is 18.1. The van der Waals surface area contributed by atoms with Gasteiger partial charge in [0.05, 0.1) is 25.0 Å². The minimum absolute atomic E-state index is 0.430.